The summed E-state index contributed by atoms with van der Waals surface area (Å²) in [5.74, 6) is 3.12. The van der Waals surface area contributed by atoms with Crippen LogP contribution in [-0.2, 0) is 4.74 Å². The fraction of sp³-hybridized carbons (Fsp3) is 0.455. The average molecular weight is 391 g/mol. The van der Waals surface area contributed by atoms with Gasteiger partial charge in [0.25, 0.3) is 0 Å². The van der Waals surface area contributed by atoms with E-state index in [2.05, 4.69) is 49.4 Å². The van der Waals surface area contributed by atoms with E-state index in [-0.39, 0.29) is 12.1 Å². The molecule has 4 atom stereocenters. The Morgan fingerprint density at radius 1 is 1.10 bits per heavy atom. The Balaban J connectivity index is 1.37. The molecule has 7 nitrogen and oxygen atoms in total. The third kappa shape index (κ3) is 2.88. The van der Waals surface area contributed by atoms with Crippen LogP contribution >= 0.6 is 0 Å². The largest absolute Gasteiger partial charge is 0.491 e. The summed E-state index contributed by atoms with van der Waals surface area (Å²) in [6.07, 6.45) is 1.62. The van der Waals surface area contributed by atoms with E-state index in [0.717, 1.165) is 54.6 Å². The molecule has 3 aromatic rings. The first-order valence-corrected chi connectivity index (χ1v) is 10.4. The smallest absolute Gasteiger partial charge is 0.143 e. The minimum atomic E-state index is 0.105. The molecule has 2 saturated heterocycles. The van der Waals surface area contributed by atoms with Crippen molar-refractivity contribution in [3.63, 3.8) is 0 Å². The van der Waals surface area contributed by atoms with Gasteiger partial charge in [0.05, 0.1) is 30.7 Å². The van der Waals surface area contributed by atoms with Crippen LogP contribution in [0.4, 0.5) is 5.82 Å². The second-order valence-corrected chi connectivity index (χ2v) is 8.49. The van der Waals surface area contributed by atoms with E-state index in [0.29, 0.717) is 18.4 Å². The number of benzene rings is 1. The molecule has 29 heavy (non-hydrogen) atoms. The minimum absolute atomic E-state index is 0.105. The lowest BCUT2D eigenvalue weighted by molar-refractivity contribution is 0.0952. The number of rotatable bonds is 3. The third-order valence-corrected chi connectivity index (χ3v) is 6.64. The third-order valence-electron chi connectivity index (χ3n) is 6.64. The maximum atomic E-state index is 6.18. The predicted molar refractivity (Wildman–Crippen MR) is 110 cm³/mol. The van der Waals surface area contributed by atoms with Gasteiger partial charge in [-0.25, -0.2) is 9.97 Å². The van der Waals surface area contributed by atoms with Gasteiger partial charge in [-0.05, 0) is 19.1 Å². The summed E-state index contributed by atoms with van der Waals surface area (Å²) in [5.41, 5.74) is 3.14. The van der Waals surface area contributed by atoms with Crippen molar-refractivity contribution in [3.8, 4) is 5.75 Å². The minimum Gasteiger partial charge on any atom is -0.491 e. The molecule has 1 aromatic carbocycles. The molecule has 5 heterocycles. The second kappa shape index (κ2) is 6.71. The molecule has 0 bridgehead atoms. The summed E-state index contributed by atoms with van der Waals surface area (Å²) in [7, 11) is 0. The summed E-state index contributed by atoms with van der Waals surface area (Å²) in [4.78, 5) is 14.9. The summed E-state index contributed by atoms with van der Waals surface area (Å²) in [6.45, 7) is 6.64. The van der Waals surface area contributed by atoms with Gasteiger partial charge in [0.2, 0.25) is 0 Å². The van der Waals surface area contributed by atoms with Crippen LogP contribution in [0.3, 0.4) is 0 Å². The first kappa shape index (κ1) is 17.2. The molecular weight excluding hydrogens is 366 g/mol. The number of hydrogen-bond acceptors (Lipinski definition) is 6. The standard InChI is InChI=1S/C22H25N5O2/c1-13-6-17-21(25-13)23-12-24-22(17)26-20-16-4-2-3-5-19(16)29-11-18(20)27-7-14-9-28-10-15(14)8-27/h2-6,12,14-15,18,20H,7-11H2,1H3,(H2,23,24,25,26). The molecule has 2 aromatic heterocycles. The zero-order valence-corrected chi connectivity index (χ0v) is 16.5. The van der Waals surface area contributed by atoms with Crippen molar-refractivity contribution in [2.75, 3.05) is 38.2 Å². The molecule has 3 aliphatic heterocycles. The number of aromatic nitrogens is 3. The number of likely N-dealkylation sites (tertiary alicyclic amines) is 1. The van der Waals surface area contributed by atoms with Crippen LogP contribution in [-0.4, -0.2) is 58.8 Å². The summed E-state index contributed by atoms with van der Waals surface area (Å²) >= 11 is 0. The lowest BCUT2D eigenvalue weighted by Crippen LogP contribution is -2.47. The van der Waals surface area contributed by atoms with Gasteiger partial charge in [-0.3, -0.25) is 4.90 Å². The van der Waals surface area contributed by atoms with Gasteiger partial charge in [-0.15, -0.1) is 0 Å². The number of ether oxygens (including phenoxy) is 2. The number of aryl methyl sites for hydroxylation is 1. The number of anilines is 1. The van der Waals surface area contributed by atoms with Crippen molar-refractivity contribution in [2.24, 2.45) is 11.8 Å². The van der Waals surface area contributed by atoms with Crippen molar-refractivity contribution in [2.45, 2.75) is 19.0 Å². The number of nitrogens with zero attached hydrogens (tertiary/aromatic N) is 3. The molecule has 150 valence electrons. The van der Waals surface area contributed by atoms with Gasteiger partial charge >= 0.3 is 0 Å². The van der Waals surface area contributed by atoms with E-state index in [9.17, 15) is 0 Å². The molecule has 4 unspecified atom stereocenters. The van der Waals surface area contributed by atoms with Crippen LogP contribution in [0.2, 0.25) is 0 Å². The van der Waals surface area contributed by atoms with Gasteiger partial charge in [0.15, 0.2) is 0 Å². The van der Waals surface area contributed by atoms with E-state index in [1.807, 2.05) is 13.0 Å². The first-order valence-electron chi connectivity index (χ1n) is 10.4. The van der Waals surface area contributed by atoms with E-state index in [4.69, 9.17) is 9.47 Å². The number of para-hydroxylation sites is 1. The number of nitrogens with one attached hydrogen (secondary N) is 2. The quantitative estimate of drug-likeness (QED) is 0.715. The molecule has 2 fully saturated rings. The maximum Gasteiger partial charge on any atom is 0.143 e. The van der Waals surface area contributed by atoms with Crippen molar-refractivity contribution >= 4 is 16.9 Å². The number of H-pyrrole nitrogens is 1. The SMILES string of the molecule is Cc1cc2c(NC3c4ccccc4OCC3N3CC4COCC4C3)ncnc2[nH]1. The van der Waals surface area contributed by atoms with Crippen LogP contribution in [0, 0.1) is 18.8 Å². The Kier molecular flexibility index (Phi) is 3.99. The summed E-state index contributed by atoms with van der Waals surface area (Å²) in [6, 6.07) is 10.8. The van der Waals surface area contributed by atoms with E-state index in [1.165, 1.54) is 5.56 Å². The number of aromatic amines is 1. The molecule has 6 rings (SSSR count). The number of hydrogen-bond donors (Lipinski definition) is 2. The molecule has 0 amide bonds. The fourth-order valence-electron chi connectivity index (χ4n) is 5.17. The zero-order chi connectivity index (χ0) is 19.4. The Morgan fingerprint density at radius 2 is 1.93 bits per heavy atom. The van der Waals surface area contributed by atoms with Crippen molar-refractivity contribution < 1.29 is 9.47 Å². The lowest BCUT2D eigenvalue weighted by Gasteiger charge is -2.39. The van der Waals surface area contributed by atoms with Crippen molar-refractivity contribution in [1.29, 1.82) is 0 Å². The highest BCUT2D eigenvalue weighted by molar-refractivity contribution is 5.87. The van der Waals surface area contributed by atoms with Gasteiger partial charge in [-0.1, -0.05) is 18.2 Å². The summed E-state index contributed by atoms with van der Waals surface area (Å²) in [5, 5.41) is 4.79. The molecule has 0 spiro atoms. The topological polar surface area (TPSA) is 75.3 Å². The Morgan fingerprint density at radius 3 is 2.79 bits per heavy atom. The monoisotopic (exact) mass is 391 g/mol. The zero-order valence-electron chi connectivity index (χ0n) is 16.5. The van der Waals surface area contributed by atoms with Gasteiger partial charge < -0.3 is 19.8 Å². The summed E-state index contributed by atoms with van der Waals surface area (Å²) < 4.78 is 11.9. The molecule has 3 aliphatic rings. The van der Waals surface area contributed by atoms with E-state index in [1.54, 1.807) is 6.33 Å². The molecule has 0 saturated carbocycles. The Hall–Kier alpha value is -2.64. The van der Waals surface area contributed by atoms with Crippen molar-refractivity contribution in [3.05, 3.63) is 47.9 Å². The van der Waals surface area contributed by atoms with Gasteiger partial charge in [0.1, 0.15) is 30.1 Å². The van der Waals surface area contributed by atoms with Crippen LogP contribution in [0.15, 0.2) is 36.7 Å². The highest BCUT2D eigenvalue weighted by Crippen LogP contribution is 2.40. The normalized spacial score (nSPS) is 28.9. The van der Waals surface area contributed by atoms with E-state index < -0.39 is 0 Å². The highest BCUT2D eigenvalue weighted by atomic mass is 16.5. The van der Waals surface area contributed by atoms with Gasteiger partial charge in [0, 0.05) is 36.2 Å². The van der Waals surface area contributed by atoms with Crippen LogP contribution in [0.5, 0.6) is 5.75 Å². The molecule has 7 heteroatoms. The predicted octanol–water partition coefficient (Wildman–Crippen LogP) is 2.76. The van der Waals surface area contributed by atoms with Crippen molar-refractivity contribution in [1.82, 2.24) is 19.9 Å². The number of fused-ring (bicyclic) bond motifs is 3. The van der Waals surface area contributed by atoms with Crippen LogP contribution in [0.1, 0.15) is 17.3 Å². The average Bonchev–Trinajstić information content (AvgIpc) is 3.42. The maximum absolute atomic E-state index is 6.18. The Labute approximate surface area is 169 Å². The molecule has 0 radical (unpaired) electrons. The highest BCUT2D eigenvalue weighted by Gasteiger charge is 2.44. The molecule has 0 aliphatic carbocycles. The van der Waals surface area contributed by atoms with Crippen LogP contribution in [0.25, 0.3) is 11.0 Å². The fourth-order valence-corrected chi connectivity index (χ4v) is 5.17. The molecule has 2 N–H and O–H groups in total. The molecular formula is C22H25N5O2. The Bertz CT molecular complexity index is 1040. The lowest BCUT2D eigenvalue weighted by atomic mass is 9.95. The van der Waals surface area contributed by atoms with Crippen LogP contribution < -0.4 is 10.1 Å². The first-order chi connectivity index (χ1) is 14.3. The van der Waals surface area contributed by atoms with E-state index >= 15 is 0 Å². The van der Waals surface area contributed by atoms with Gasteiger partial charge in [-0.2, -0.15) is 0 Å². The second-order valence-electron chi connectivity index (χ2n) is 8.49.